The van der Waals surface area contributed by atoms with Gasteiger partial charge in [0, 0.05) is 6.04 Å². The van der Waals surface area contributed by atoms with Gasteiger partial charge in [-0.2, -0.15) is 0 Å². The van der Waals surface area contributed by atoms with Crippen LogP contribution in [0.2, 0.25) is 13.1 Å². The van der Waals surface area contributed by atoms with Gasteiger partial charge < -0.3 is 30.4 Å². The molecular formula is C40H50BNO7. The third-order valence-electron chi connectivity index (χ3n) is 8.02. The fourth-order valence-electron chi connectivity index (χ4n) is 5.66. The molecule has 0 aliphatic carbocycles. The molecule has 0 spiro atoms. The van der Waals surface area contributed by atoms with Gasteiger partial charge in [-0.15, -0.1) is 0 Å². The highest BCUT2D eigenvalue weighted by Crippen LogP contribution is 2.24. The van der Waals surface area contributed by atoms with E-state index in [1.807, 2.05) is 48.5 Å². The number of ether oxygens (including phenoxy) is 2. The molecule has 4 aromatic carbocycles. The van der Waals surface area contributed by atoms with Crippen LogP contribution in [0, 0.1) is 5.92 Å². The van der Waals surface area contributed by atoms with Gasteiger partial charge in [-0.05, 0) is 85.1 Å². The lowest BCUT2D eigenvalue weighted by atomic mass is 9.62. The predicted octanol–water partition coefficient (Wildman–Crippen LogP) is 5.98. The van der Waals surface area contributed by atoms with Crippen LogP contribution in [-0.4, -0.2) is 65.6 Å². The van der Waals surface area contributed by atoms with Crippen molar-refractivity contribution in [3.8, 4) is 22.3 Å². The zero-order chi connectivity index (χ0) is 35.6. The Morgan fingerprint density at radius 3 is 1.43 bits per heavy atom. The van der Waals surface area contributed by atoms with E-state index in [0.717, 1.165) is 27.8 Å². The Morgan fingerprint density at radius 1 is 0.633 bits per heavy atom. The van der Waals surface area contributed by atoms with Crippen LogP contribution in [0.3, 0.4) is 0 Å². The van der Waals surface area contributed by atoms with Gasteiger partial charge in [0.05, 0.1) is 13.2 Å². The topological polar surface area (TPSA) is 139 Å². The molecule has 0 saturated heterocycles. The van der Waals surface area contributed by atoms with Gasteiger partial charge in [-0.1, -0.05) is 116 Å². The highest BCUT2D eigenvalue weighted by atomic mass is 16.5. The van der Waals surface area contributed by atoms with Crippen LogP contribution in [0.25, 0.3) is 22.3 Å². The van der Waals surface area contributed by atoms with Crippen LogP contribution in [0.15, 0.2) is 109 Å². The maximum atomic E-state index is 11.7. The molecule has 0 saturated carbocycles. The number of aliphatic hydroxyl groups is 2. The third-order valence-corrected chi connectivity index (χ3v) is 8.02. The van der Waals surface area contributed by atoms with Gasteiger partial charge in [-0.25, -0.2) is 9.59 Å². The number of hydrogen-bond donors (Lipinski definition) is 4. The third kappa shape index (κ3) is 14.0. The molecule has 0 radical (unpaired) electrons. The first kappa shape index (κ1) is 39.2. The maximum Gasteiger partial charge on any atom is 0.335 e. The lowest BCUT2D eigenvalue weighted by molar-refractivity contribution is -0.154. The predicted molar refractivity (Wildman–Crippen MR) is 196 cm³/mol. The number of hydrogen-bond acceptors (Lipinski definition) is 8. The molecule has 260 valence electrons. The van der Waals surface area contributed by atoms with Gasteiger partial charge in [0.25, 0.3) is 6.92 Å². The number of nitrogens with two attached hydrogens (primary N) is 1. The Morgan fingerprint density at radius 2 is 1.02 bits per heavy atom. The first-order valence-corrected chi connectivity index (χ1v) is 17.0. The quantitative estimate of drug-likeness (QED) is 0.0846. The normalized spacial score (nSPS) is 13.2. The molecule has 4 atom stereocenters. The number of carbonyl (C=O) groups excluding carboxylic acids is 2. The van der Waals surface area contributed by atoms with Crippen molar-refractivity contribution in [3.63, 3.8) is 0 Å². The maximum absolute atomic E-state index is 11.7. The van der Waals surface area contributed by atoms with E-state index in [-0.39, 0.29) is 38.0 Å². The summed E-state index contributed by atoms with van der Waals surface area (Å²) in [7, 11) is 0. The van der Waals surface area contributed by atoms with Gasteiger partial charge in [0.1, 0.15) is 0 Å². The highest BCUT2D eigenvalue weighted by molar-refractivity contribution is 6.48. The molecule has 0 unspecified atom stereocenters. The SMILES string of the molecule is CCOC(=O)[C@H](O)C[C@@H](CB(C)O)Cc1ccc(-c2ccccc2)cc1.CCOC(=O)[C@H](O)C[C@@H](N)Cc1ccc(-c2ccccc2)cc1. The van der Waals surface area contributed by atoms with Gasteiger partial charge >= 0.3 is 11.9 Å². The van der Waals surface area contributed by atoms with Crippen molar-refractivity contribution in [2.45, 2.75) is 70.9 Å². The summed E-state index contributed by atoms with van der Waals surface area (Å²) in [4.78, 5) is 23.1. The second-order valence-corrected chi connectivity index (χ2v) is 12.3. The monoisotopic (exact) mass is 667 g/mol. The first-order chi connectivity index (χ1) is 23.6. The molecule has 0 aliphatic rings. The molecule has 0 bridgehead atoms. The molecule has 4 aromatic rings. The van der Waals surface area contributed by atoms with E-state index in [0.29, 0.717) is 19.2 Å². The van der Waals surface area contributed by atoms with E-state index in [1.54, 1.807) is 20.7 Å². The fourth-order valence-corrected chi connectivity index (χ4v) is 5.66. The van der Waals surface area contributed by atoms with Crippen molar-refractivity contribution in [2.75, 3.05) is 13.2 Å². The molecule has 0 aromatic heterocycles. The number of esters is 2. The molecule has 0 heterocycles. The zero-order valence-electron chi connectivity index (χ0n) is 28.8. The summed E-state index contributed by atoms with van der Waals surface area (Å²) in [6.45, 7) is 5.16. The minimum atomic E-state index is -1.16. The molecule has 8 nitrogen and oxygen atoms in total. The van der Waals surface area contributed by atoms with Crippen molar-refractivity contribution in [2.24, 2.45) is 11.7 Å². The standard InChI is InChI=1S/C21H27BO4.C19H23NO3/c1-3-26-21(24)20(23)14-17(15-22(2)25)13-16-9-11-19(12-10-16)18-7-5-4-6-8-18;1-2-23-19(22)18(21)13-17(20)12-14-8-10-16(11-9-14)15-6-4-3-5-7-15/h4-12,17,20,23,25H,3,13-15H2,1-2H3;3-11,17-18,21H,2,12-13,20H2,1H3/t17-,20+;17-,18+/m00/s1. The van der Waals surface area contributed by atoms with E-state index in [9.17, 15) is 24.8 Å². The Balaban J connectivity index is 0.000000267. The molecular weight excluding hydrogens is 617 g/mol. The first-order valence-electron chi connectivity index (χ1n) is 17.0. The van der Waals surface area contributed by atoms with E-state index in [2.05, 4.69) is 60.7 Å². The van der Waals surface area contributed by atoms with Crippen molar-refractivity contribution in [1.82, 2.24) is 0 Å². The Labute approximate surface area is 291 Å². The van der Waals surface area contributed by atoms with Crippen molar-refractivity contribution in [1.29, 1.82) is 0 Å². The molecule has 4 rings (SSSR count). The molecule has 0 aliphatic heterocycles. The van der Waals surface area contributed by atoms with Crippen LogP contribution in [0.1, 0.15) is 37.8 Å². The van der Waals surface area contributed by atoms with Crippen LogP contribution in [-0.2, 0) is 31.9 Å². The number of benzene rings is 4. The van der Waals surface area contributed by atoms with Crippen LogP contribution < -0.4 is 5.73 Å². The van der Waals surface area contributed by atoms with E-state index in [1.165, 1.54) is 5.56 Å². The van der Waals surface area contributed by atoms with Crippen LogP contribution in [0.4, 0.5) is 0 Å². The second kappa shape index (κ2) is 20.9. The number of carbonyl (C=O) groups is 2. The summed E-state index contributed by atoms with van der Waals surface area (Å²) in [5.74, 6) is -1.21. The zero-order valence-corrected chi connectivity index (χ0v) is 28.8. The summed E-state index contributed by atoms with van der Waals surface area (Å²) >= 11 is 0. The van der Waals surface area contributed by atoms with Crippen molar-refractivity contribution in [3.05, 3.63) is 120 Å². The van der Waals surface area contributed by atoms with Gasteiger partial charge in [0.15, 0.2) is 12.2 Å². The molecule has 5 N–H and O–H groups in total. The summed E-state index contributed by atoms with van der Waals surface area (Å²) < 4.78 is 9.65. The molecule has 49 heavy (non-hydrogen) atoms. The molecule has 0 amide bonds. The Kier molecular flexibility index (Phi) is 16.7. The highest BCUT2D eigenvalue weighted by Gasteiger charge is 2.24. The Hall–Kier alpha value is -4.28. The van der Waals surface area contributed by atoms with Gasteiger partial charge in [0.2, 0.25) is 0 Å². The fraction of sp³-hybridized carbons (Fsp3) is 0.350. The van der Waals surface area contributed by atoms with Crippen LogP contribution in [0.5, 0.6) is 0 Å². The lowest BCUT2D eigenvalue weighted by Crippen LogP contribution is -2.33. The molecule has 0 fully saturated rings. The van der Waals surface area contributed by atoms with E-state index < -0.39 is 31.1 Å². The van der Waals surface area contributed by atoms with E-state index >= 15 is 0 Å². The summed E-state index contributed by atoms with van der Waals surface area (Å²) in [6.07, 6.45) is -0.0155. The minimum absolute atomic E-state index is 0.00279. The second-order valence-electron chi connectivity index (χ2n) is 12.3. The summed E-state index contributed by atoms with van der Waals surface area (Å²) in [6, 6.07) is 36.4. The minimum Gasteiger partial charge on any atom is -0.464 e. The summed E-state index contributed by atoms with van der Waals surface area (Å²) in [5, 5.41) is 29.5. The van der Waals surface area contributed by atoms with Crippen molar-refractivity contribution >= 4 is 18.9 Å². The number of rotatable bonds is 16. The van der Waals surface area contributed by atoms with Crippen molar-refractivity contribution < 1.29 is 34.3 Å². The number of aliphatic hydroxyl groups excluding tert-OH is 2. The lowest BCUT2D eigenvalue weighted by Gasteiger charge is -2.20. The van der Waals surface area contributed by atoms with E-state index in [4.69, 9.17) is 15.2 Å². The van der Waals surface area contributed by atoms with Crippen LogP contribution >= 0.6 is 0 Å². The Bertz CT molecular complexity index is 1520. The largest absolute Gasteiger partial charge is 0.464 e. The summed E-state index contributed by atoms with van der Waals surface area (Å²) in [5.41, 5.74) is 12.8. The average molecular weight is 668 g/mol. The average Bonchev–Trinajstić information content (AvgIpc) is 3.10. The smallest absolute Gasteiger partial charge is 0.335 e. The molecule has 9 heteroatoms. The van der Waals surface area contributed by atoms with Gasteiger partial charge in [-0.3, -0.25) is 0 Å².